The second-order valence-corrected chi connectivity index (χ2v) is 13.6. The lowest BCUT2D eigenvalue weighted by Gasteiger charge is -2.32. The first-order valence-corrected chi connectivity index (χ1v) is 12.2. The summed E-state index contributed by atoms with van der Waals surface area (Å²) in [5.41, 5.74) is 2.41. The highest BCUT2D eigenvalue weighted by molar-refractivity contribution is 6.90. The van der Waals surface area contributed by atoms with Gasteiger partial charge in [-0.05, 0) is 47.6 Å². The van der Waals surface area contributed by atoms with Crippen molar-refractivity contribution in [3.63, 3.8) is 0 Å². The van der Waals surface area contributed by atoms with Gasteiger partial charge in [0, 0.05) is 6.32 Å². The second kappa shape index (κ2) is 6.81. The highest BCUT2D eigenvalue weighted by Crippen LogP contribution is 2.38. The fraction of sp³-hybridized carbons (Fsp3) is 0.600. The Hall–Kier alpha value is -0.838. The van der Waals surface area contributed by atoms with Crippen LogP contribution in [0.25, 0.3) is 0 Å². The van der Waals surface area contributed by atoms with Gasteiger partial charge in [0.15, 0.2) is 0 Å². The van der Waals surface area contributed by atoms with Crippen molar-refractivity contribution in [3.05, 3.63) is 41.5 Å². The number of hydrogen-bond acceptors (Lipinski definition) is 2. The van der Waals surface area contributed by atoms with Crippen molar-refractivity contribution < 1.29 is 9.31 Å². The van der Waals surface area contributed by atoms with E-state index in [4.69, 9.17) is 9.31 Å². The molecule has 0 spiro atoms. The molecule has 4 heteroatoms. The van der Waals surface area contributed by atoms with Crippen LogP contribution in [0.5, 0.6) is 0 Å². The maximum absolute atomic E-state index is 6.15. The Morgan fingerprint density at radius 1 is 0.917 bits per heavy atom. The molecular weight excluding hydrogens is 311 g/mol. The Kier molecular flexibility index (Phi) is 5.53. The number of hydrogen-bond donors (Lipinski definition) is 0. The van der Waals surface area contributed by atoms with Gasteiger partial charge in [-0.25, -0.2) is 0 Å². The van der Waals surface area contributed by atoms with E-state index in [1.54, 1.807) is 0 Å². The minimum absolute atomic E-state index is 0.133. The third-order valence-electron chi connectivity index (χ3n) is 5.77. The van der Waals surface area contributed by atoms with E-state index in [1.807, 2.05) is 0 Å². The van der Waals surface area contributed by atoms with Crippen molar-refractivity contribution in [2.75, 3.05) is 0 Å². The van der Waals surface area contributed by atoms with Crippen molar-refractivity contribution in [1.82, 2.24) is 0 Å². The van der Waals surface area contributed by atoms with E-state index >= 15 is 0 Å². The lowest BCUT2D eigenvalue weighted by molar-refractivity contribution is 0.00578. The van der Waals surface area contributed by atoms with Gasteiger partial charge in [-0.2, -0.15) is 0 Å². The van der Waals surface area contributed by atoms with Crippen LogP contribution in [0.2, 0.25) is 25.5 Å². The maximum atomic E-state index is 6.15. The molecule has 0 saturated carbocycles. The zero-order chi connectivity index (χ0) is 18.2. The number of benzene rings is 1. The zero-order valence-corrected chi connectivity index (χ0v) is 17.7. The molecule has 0 bridgehead atoms. The van der Waals surface area contributed by atoms with Crippen LogP contribution in [0.4, 0.5) is 0 Å². The minimum Gasteiger partial charge on any atom is -0.403 e. The first-order valence-electron chi connectivity index (χ1n) is 9.01. The summed E-state index contributed by atoms with van der Waals surface area (Å²) in [5, 5.41) is 1.52. The molecule has 2 nitrogen and oxygen atoms in total. The normalized spacial score (nSPS) is 20.9. The first kappa shape index (κ1) is 19.5. The van der Waals surface area contributed by atoms with Crippen LogP contribution in [0.15, 0.2) is 41.5 Å². The molecule has 1 heterocycles. The lowest BCUT2D eigenvalue weighted by atomic mass is 9.80. The molecule has 0 atom stereocenters. The maximum Gasteiger partial charge on any atom is 0.462 e. The molecular formula is C20H33BO2Si. The van der Waals surface area contributed by atoms with Crippen molar-refractivity contribution in [2.45, 2.75) is 78.2 Å². The summed E-state index contributed by atoms with van der Waals surface area (Å²) >= 11 is 0. The summed E-state index contributed by atoms with van der Waals surface area (Å²) in [4.78, 5) is 0. The highest BCUT2D eigenvalue weighted by Gasteiger charge is 2.50. The fourth-order valence-corrected chi connectivity index (χ4v) is 6.20. The smallest absolute Gasteiger partial charge is 0.403 e. The fourth-order valence-electron chi connectivity index (χ4n) is 3.28. The molecule has 0 amide bonds. The van der Waals surface area contributed by atoms with Gasteiger partial charge in [0.05, 0.1) is 19.3 Å². The minimum atomic E-state index is -1.46. The largest absolute Gasteiger partial charge is 0.462 e. The zero-order valence-electron chi connectivity index (χ0n) is 16.7. The molecule has 2 rings (SSSR count). The van der Waals surface area contributed by atoms with E-state index in [0.717, 1.165) is 6.32 Å². The van der Waals surface area contributed by atoms with Gasteiger partial charge in [0.2, 0.25) is 0 Å². The molecule has 0 N–H and O–H groups in total. The third-order valence-corrected chi connectivity index (χ3v) is 9.08. The SMILES string of the molecule is C/C(CB1OC(C)(C)C(C)(C)O1)=C(\C)C[Si](C)(C)c1ccccc1. The second-order valence-electron chi connectivity index (χ2n) is 8.88. The molecule has 1 aromatic carbocycles. The Morgan fingerprint density at radius 3 is 1.92 bits per heavy atom. The molecule has 1 fully saturated rings. The van der Waals surface area contributed by atoms with Crippen LogP contribution in [0.3, 0.4) is 0 Å². The van der Waals surface area contributed by atoms with Crippen LogP contribution in [0, 0.1) is 0 Å². The summed E-state index contributed by atoms with van der Waals surface area (Å²) in [7, 11) is -1.59. The van der Waals surface area contributed by atoms with E-state index in [1.165, 1.54) is 22.4 Å². The summed E-state index contributed by atoms with van der Waals surface area (Å²) in [6.07, 6.45) is 0.859. The predicted octanol–water partition coefficient (Wildman–Crippen LogP) is 5.03. The molecule has 0 radical (unpaired) electrons. The summed E-state index contributed by atoms with van der Waals surface area (Å²) in [6, 6.07) is 12.1. The van der Waals surface area contributed by atoms with Gasteiger partial charge in [0.1, 0.15) is 0 Å². The topological polar surface area (TPSA) is 18.5 Å². The average Bonchev–Trinajstić information content (AvgIpc) is 2.66. The molecule has 1 aromatic rings. The molecule has 24 heavy (non-hydrogen) atoms. The van der Waals surface area contributed by atoms with Crippen LogP contribution < -0.4 is 5.19 Å². The highest BCUT2D eigenvalue weighted by atomic mass is 28.3. The number of rotatable bonds is 5. The van der Waals surface area contributed by atoms with Crippen LogP contribution in [-0.2, 0) is 9.31 Å². The summed E-state index contributed by atoms with van der Waals surface area (Å²) in [5.74, 6) is 0. The Labute approximate surface area is 149 Å². The van der Waals surface area contributed by atoms with Gasteiger partial charge in [-0.3, -0.25) is 0 Å². The van der Waals surface area contributed by atoms with Gasteiger partial charge in [-0.15, -0.1) is 0 Å². The molecule has 132 valence electrons. The molecule has 1 aliphatic heterocycles. The predicted molar refractivity (Wildman–Crippen MR) is 108 cm³/mol. The lowest BCUT2D eigenvalue weighted by Crippen LogP contribution is -2.41. The quantitative estimate of drug-likeness (QED) is 0.551. The summed E-state index contributed by atoms with van der Waals surface area (Å²) in [6.45, 7) is 17.9. The van der Waals surface area contributed by atoms with Crippen LogP contribution >= 0.6 is 0 Å². The molecule has 0 unspecified atom stereocenters. The van der Waals surface area contributed by atoms with Crippen molar-refractivity contribution >= 4 is 20.4 Å². The standard InChI is InChI=1S/C20H33BO2Si/c1-16(14-21-22-19(3,4)20(5,6)23-21)17(2)15-24(7,8)18-12-10-9-11-13-18/h9-13H,14-15H2,1-8H3/b17-16-. The van der Waals surface area contributed by atoms with Gasteiger partial charge >= 0.3 is 7.12 Å². The monoisotopic (exact) mass is 344 g/mol. The van der Waals surface area contributed by atoms with E-state index in [9.17, 15) is 0 Å². The van der Waals surface area contributed by atoms with Crippen LogP contribution in [0.1, 0.15) is 41.5 Å². The van der Waals surface area contributed by atoms with E-state index in [2.05, 4.69) is 85.0 Å². The van der Waals surface area contributed by atoms with Crippen LogP contribution in [-0.4, -0.2) is 26.4 Å². The van der Waals surface area contributed by atoms with Gasteiger partial charge in [0.25, 0.3) is 0 Å². The molecule has 0 aliphatic carbocycles. The molecule has 1 aliphatic rings. The molecule has 1 saturated heterocycles. The average molecular weight is 344 g/mol. The van der Waals surface area contributed by atoms with E-state index in [-0.39, 0.29) is 18.3 Å². The Balaban J connectivity index is 2.07. The Morgan fingerprint density at radius 2 is 1.42 bits per heavy atom. The number of allylic oxidation sites excluding steroid dienone is 2. The van der Waals surface area contributed by atoms with Crippen molar-refractivity contribution in [3.8, 4) is 0 Å². The third kappa shape index (κ3) is 4.22. The van der Waals surface area contributed by atoms with Gasteiger partial charge < -0.3 is 9.31 Å². The van der Waals surface area contributed by atoms with Gasteiger partial charge in [-0.1, -0.05) is 59.8 Å². The van der Waals surface area contributed by atoms with E-state index in [0.29, 0.717) is 0 Å². The van der Waals surface area contributed by atoms with Crippen molar-refractivity contribution in [1.29, 1.82) is 0 Å². The molecule has 0 aromatic heterocycles. The summed E-state index contributed by atoms with van der Waals surface area (Å²) < 4.78 is 12.3. The first-order chi connectivity index (χ1) is 10.9. The van der Waals surface area contributed by atoms with Crippen molar-refractivity contribution in [2.24, 2.45) is 0 Å². The van der Waals surface area contributed by atoms with E-state index < -0.39 is 8.07 Å². The Bertz CT molecular complexity index is 589.